The Labute approximate surface area is 112 Å². The van der Waals surface area contributed by atoms with Gasteiger partial charge in [-0.1, -0.05) is 10.3 Å². The smallest absolute Gasteiger partial charge is 0.399 e. The van der Waals surface area contributed by atoms with E-state index < -0.39 is 18.6 Å². The molecule has 0 unspecified atom stereocenters. The Morgan fingerprint density at radius 1 is 1.20 bits per heavy atom. The second kappa shape index (κ2) is 6.88. The van der Waals surface area contributed by atoms with Crippen molar-refractivity contribution in [2.75, 3.05) is 13.7 Å². The molecule has 0 N–H and O–H groups in total. The van der Waals surface area contributed by atoms with Crippen LogP contribution >= 0.6 is 0 Å². The molecule has 8 heteroatoms. The van der Waals surface area contributed by atoms with E-state index in [2.05, 4.69) is 20.0 Å². The fourth-order valence-electron chi connectivity index (χ4n) is 1.33. The molecule has 4 nitrogen and oxygen atoms in total. The number of benzene rings is 1. The van der Waals surface area contributed by atoms with Gasteiger partial charge in [-0.25, -0.2) is 4.39 Å². The number of nitrogens with zero attached hydrogens (tertiary/aromatic N) is 2. The fourth-order valence-corrected chi connectivity index (χ4v) is 1.33. The monoisotopic (exact) mass is 292 g/mol. The van der Waals surface area contributed by atoms with E-state index in [1.54, 1.807) is 13.0 Å². The van der Waals surface area contributed by atoms with E-state index in [1.807, 2.05) is 0 Å². The second-order valence-corrected chi connectivity index (χ2v) is 3.77. The van der Waals surface area contributed by atoms with Gasteiger partial charge in [-0.3, -0.25) is 0 Å². The average Bonchev–Trinajstić information content (AvgIpc) is 2.33. The number of hydrogen-bond donors (Lipinski definition) is 0. The summed E-state index contributed by atoms with van der Waals surface area (Å²) in [5.74, 6) is -0.651. The van der Waals surface area contributed by atoms with E-state index in [0.717, 1.165) is 12.3 Å². The van der Waals surface area contributed by atoms with Gasteiger partial charge in [-0.2, -0.15) is 13.2 Å². The first-order chi connectivity index (χ1) is 9.33. The highest BCUT2D eigenvalue weighted by Gasteiger charge is 2.28. The van der Waals surface area contributed by atoms with Crippen LogP contribution in [-0.4, -0.2) is 32.3 Å². The second-order valence-electron chi connectivity index (χ2n) is 3.77. The van der Waals surface area contributed by atoms with Crippen molar-refractivity contribution in [1.82, 2.24) is 0 Å². The summed E-state index contributed by atoms with van der Waals surface area (Å²) in [7, 11) is 1.35. The van der Waals surface area contributed by atoms with E-state index in [1.165, 1.54) is 13.3 Å². The van der Waals surface area contributed by atoms with Gasteiger partial charge in [0.25, 0.3) is 0 Å². The summed E-state index contributed by atoms with van der Waals surface area (Å²) >= 11 is 0. The lowest BCUT2D eigenvalue weighted by Crippen LogP contribution is -2.14. The lowest BCUT2D eigenvalue weighted by molar-refractivity contribution is -0.173. The van der Waals surface area contributed by atoms with Crippen molar-refractivity contribution in [3.05, 3.63) is 34.6 Å². The van der Waals surface area contributed by atoms with Crippen molar-refractivity contribution in [1.29, 1.82) is 0 Å². The number of alkyl halides is 3. The molecule has 110 valence electrons. The van der Waals surface area contributed by atoms with Gasteiger partial charge in [-0.05, 0) is 30.2 Å². The van der Waals surface area contributed by atoms with Crippen LogP contribution in [0, 0.1) is 12.7 Å². The molecule has 0 fully saturated rings. The molecule has 1 aromatic carbocycles. The van der Waals surface area contributed by atoms with Gasteiger partial charge in [0, 0.05) is 5.56 Å². The van der Waals surface area contributed by atoms with Gasteiger partial charge in [0.15, 0.2) is 0 Å². The van der Waals surface area contributed by atoms with Gasteiger partial charge in [0.1, 0.15) is 12.9 Å². The lowest BCUT2D eigenvalue weighted by Gasteiger charge is -2.05. The minimum atomic E-state index is -4.48. The molecule has 0 amide bonds. The van der Waals surface area contributed by atoms with Crippen LogP contribution in [-0.2, 0) is 9.68 Å². The largest absolute Gasteiger partial charge is 0.425 e. The van der Waals surface area contributed by atoms with Gasteiger partial charge in [0.2, 0.25) is 6.61 Å². The van der Waals surface area contributed by atoms with Crippen LogP contribution in [0.1, 0.15) is 16.7 Å². The number of hydrogen-bond acceptors (Lipinski definition) is 4. The lowest BCUT2D eigenvalue weighted by atomic mass is 10.1. The Balaban J connectivity index is 2.81. The number of aryl methyl sites for hydroxylation is 1. The summed E-state index contributed by atoms with van der Waals surface area (Å²) in [5.41, 5.74) is 0.971. The van der Waals surface area contributed by atoms with Crippen molar-refractivity contribution in [2.24, 2.45) is 10.3 Å². The minimum Gasteiger partial charge on any atom is -0.399 e. The quantitative estimate of drug-likeness (QED) is 0.475. The topological polar surface area (TPSA) is 43.2 Å². The van der Waals surface area contributed by atoms with E-state index in [0.29, 0.717) is 11.1 Å². The Morgan fingerprint density at radius 3 is 2.45 bits per heavy atom. The standard InChI is InChI=1S/C12H12F4N2O2/c1-8-3-9(5-17-19-2)4-11(13)10(8)6-18-20-7-12(14,15)16/h3-6H,7H2,1-2H3/b17-5+,18-6+. The van der Waals surface area contributed by atoms with Crippen LogP contribution in [0.5, 0.6) is 0 Å². The summed E-state index contributed by atoms with van der Waals surface area (Å²) in [6.07, 6.45) is -2.28. The van der Waals surface area contributed by atoms with Crippen molar-refractivity contribution in [2.45, 2.75) is 13.1 Å². The molecule has 1 rings (SSSR count). The van der Waals surface area contributed by atoms with Crippen LogP contribution in [0.2, 0.25) is 0 Å². The third-order valence-electron chi connectivity index (χ3n) is 2.15. The number of rotatable bonds is 5. The van der Waals surface area contributed by atoms with Crippen molar-refractivity contribution >= 4 is 12.4 Å². The molecule has 0 saturated heterocycles. The maximum absolute atomic E-state index is 13.7. The molecule has 0 saturated carbocycles. The van der Waals surface area contributed by atoms with Gasteiger partial charge < -0.3 is 9.68 Å². The molecule has 0 spiro atoms. The Hall–Kier alpha value is -2.12. The first-order valence-corrected chi connectivity index (χ1v) is 5.42. The molecule has 0 radical (unpaired) electrons. The van der Waals surface area contributed by atoms with Crippen molar-refractivity contribution in [3.8, 4) is 0 Å². The summed E-state index contributed by atoms with van der Waals surface area (Å²) < 4.78 is 49.2. The van der Waals surface area contributed by atoms with Crippen LogP contribution in [0.3, 0.4) is 0 Å². The summed E-state index contributed by atoms with van der Waals surface area (Å²) in [6, 6.07) is 2.73. The maximum Gasteiger partial charge on any atom is 0.425 e. The van der Waals surface area contributed by atoms with Crippen molar-refractivity contribution in [3.63, 3.8) is 0 Å². The molecule has 0 aliphatic carbocycles. The highest BCUT2D eigenvalue weighted by Crippen LogP contribution is 2.16. The zero-order valence-electron chi connectivity index (χ0n) is 10.7. The summed E-state index contributed by atoms with van der Waals surface area (Å²) in [6.45, 7) is 0.0566. The predicted molar refractivity (Wildman–Crippen MR) is 65.3 cm³/mol. The first-order valence-electron chi connectivity index (χ1n) is 5.42. The average molecular weight is 292 g/mol. The first kappa shape index (κ1) is 15.9. The molecule has 20 heavy (non-hydrogen) atoms. The fraction of sp³-hybridized carbons (Fsp3) is 0.333. The number of oxime groups is 2. The van der Waals surface area contributed by atoms with E-state index in [9.17, 15) is 17.6 Å². The molecular weight excluding hydrogens is 280 g/mol. The van der Waals surface area contributed by atoms with Crippen LogP contribution in [0.15, 0.2) is 22.4 Å². The Kier molecular flexibility index (Phi) is 5.48. The molecule has 0 aromatic heterocycles. The van der Waals surface area contributed by atoms with Crippen LogP contribution in [0.4, 0.5) is 17.6 Å². The van der Waals surface area contributed by atoms with Gasteiger partial charge in [-0.15, -0.1) is 0 Å². The third-order valence-corrected chi connectivity index (χ3v) is 2.15. The van der Waals surface area contributed by atoms with Gasteiger partial charge in [0.05, 0.1) is 12.4 Å². The third kappa shape index (κ3) is 5.25. The highest BCUT2D eigenvalue weighted by molar-refractivity contribution is 5.85. The van der Waals surface area contributed by atoms with E-state index >= 15 is 0 Å². The zero-order chi connectivity index (χ0) is 15.2. The molecule has 0 aliphatic rings. The minimum absolute atomic E-state index is 0.0433. The molecule has 0 heterocycles. The van der Waals surface area contributed by atoms with Crippen LogP contribution in [0.25, 0.3) is 0 Å². The Bertz CT molecular complexity index is 490. The number of halogens is 4. The molecule has 0 atom stereocenters. The zero-order valence-corrected chi connectivity index (χ0v) is 10.7. The Morgan fingerprint density at radius 2 is 1.90 bits per heavy atom. The highest BCUT2D eigenvalue weighted by atomic mass is 19.4. The normalized spacial score (nSPS) is 12.3. The van der Waals surface area contributed by atoms with Gasteiger partial charge >= 0.3 is 6.18 Å². The maximum atomic E-state index is 13.7. The summed E-state index contributed by atoms with van der Waals surface area (Å²) in [4.78, 5) is 8.50. The van der Waals surface area contributed by atoms with Crippen molar-refractivity contribution < 1.29 is 27.2 Å². The predicted octanol–water partition coefficient (Wildman–Crippen LogP) is 3.03. The molecule has 1 aromatic rings. The summed E-state index contributed by atoms with van der Waals surface area (Å²) in [5, 5.41) is 6.58. The molecule has 0 bridgehead atoms. The SMILES string of the molecule is CO/N=C/c1cc(C)c(/C=N/OCC(F)(F)F)c(F)c1. The molecular formula is C12H12F4N2O2. The van der Waals surface area contributed by atoms with E-state index in [4.69, 9.17) is 0 Å². The van der Waals surface area contributed by atoms with Crippen LogP contribution < -0.4 is 0 Å². The van der Waals surface area contributed by atoms with E-state index in [-0.39, 0.29) is 5.56 Å². The molecule has 0 aliphatic heterocycles.